The summed E-state index contributed by atoms with van der Waals surface area (Å²) in [5.41, 5.74) is 11.9. The lowest BCUT2D eigenvalue weighted by Gasteiger charge is -2.30. The molecule has 0 radical (unpaired) electrons. The van der Waals surface area contributed by atoms with E-state index in [1.807, 2.05) is 0 Å². The first-order valence-electron chi connectivity index (χ1n) is 19.2. The van der Waals surface area contributed by atoms with Gasteiger partial charge in [0.25, 0.3) is 0 Å². The fraction of sp³-hybridized carbons (Fsp3) is 0.137. The number of benzene rings is 6. The molecule has 0 amide bonds. The van der Waals surface area contributed by atoms with Gasteiger partial charge in [-0.25, -0.2) is 0 Å². The molecule has 2 nitrogen and oxygen atoms in total. The predicted octanol–water partition coefficient (Wildman–Crippen LogP) is 13.5. The summed E-state index contributed by atoms with van der Waals surface area (Å²) in [5.74, 6) is 1.22. The Bertz CT molecular complexity index is 2830. The maximum Gasteiger partial charge on any atom is 0.0586 e. The maximum absolute atomic E-state index is 2.55. The molecule has 0 saturated carbocycles. The number of rotatable bonds is 4. The number of nitrogens with zero attached hydrogens (tertiary/aromatic N) is 2. The van der Waals surface area contributed by atoms with Crippen LogP contribution in [0, 0.1) is 11.8 Å². The topological polar surface area (TPSA) is 9.86 Å². The minimum Gasteiger partial charge on any atom is -0.333 e. The molecular formula is C51H40N2. The van der Waals surface area contributed by atoms with Gasteiger partial charge < -0.3 is 9.13 Å². The molecule has 4 unspecified atom stereocenters. The van der Waals surface area contributed by atoms with E-state index in [1.54, 1.807) is 0 Å². The highest BCUT2D eigenvalue weighted by atomic mass is 15.0. The SMILES string of the molecule is CC1C=C(c2cccc3cc4c(cc23)C(C2C=CC(n3c5ccccc5c5ccccc53)=CC2)CC=C4)C=CC1n1c2ccccc2c2ccccc21. The van der Waals surface area contributed by atoms with E-state index in [4.69, 9.17) is 0 Å². The van der Waals surface area contributed by atoms with Crippen molar-refractivity contribution in [3.8, 4) is 0 Å². The number of aromatic nitrogens is 2. The van der Waals surface area contributed by atoms with Crippen LogP contribution in [0.1, 0.15) is 48.4 Å². The third-order valence-electron chi connectivity index (χ3n) is 12.3. The lowest BCUT2D eigenvalue weighted by atomic mass is 9.75. The third kappa shape index (κ3) is 4.71. The number of hydrogen-bond acceptors (Lipinski definition) is 0. The number of fused-ring (bicyclic) bond motifs is 8. The fourth-order valence-corrected chi connectivity index (χ4v) is 9.83. The average Bonchev–Trinajstić information content (AvgIpc) is 3.73. The molecule has 8 aromatic rings. The van der Waals surface area contributed by atoms with Crippen LogP contribution in [0.2, 0.25) is 0 Å². The van der Waals surface area contributed by atoms with Gasteiger partial charge >= 0.3 is 0 Å². The Morgan fingerprint density at radius 2 is 1.21 bits per heavy atom. The highest BCUT2D eigenvalue weighted by Gasteiger charge is 2.28. The molecule has 3 aliphatic carbocycles. The molecular weight excluding hydrogens is 641 g/mol. The van der Waals surface area contributed by atoms with Crippen LogP contribution in [0.3, 0.4) is 0 Å². The molecule has 2 heteroatoms. The van der Waals surface area contributed by atoms with E-state index >= 15 is 0 Å². The van der Waals surface area contributed by atoms with Gasteiger partial charge in [-0.2, -0.15) is 0 Å². The maximum atomic E-state index is 2.55. The fourth-order valence-electron chi connectivity index (χ4n) is 9.83. The minimum absolute atomic E-state index is 0.249. The molecule has 0 spiro atoms. The minimum atomic E-state index is 0.249. The molecule has 6 aromatic carbocycles. The van der Waals surface area contributed by atoms with Gasteiger partial charge in [-0.05, 0) is 106 Å². The zero-order valence-corrected chi connectivity index (χ0v) is 29.9. The second-order valence-corrected chi connectivity index (χ2v) is 15.2. The predicted molar refractivity (Wildman–Crippen MR) is 226 cm³/mol. The van der Waals surface area contributed by atoms with Crippen molar-refractivity contribution in [3.05, 3.63) is 187 Å². The summed E-state index contributed by atoms with van der Waals surface area (Å²) < 4.78 is 5.00. The summed E-state index contributed by atoms with van der Waals surface area (Å²) in [6.45, 7) is 2.38. The molecule has 0 fully saturated rings. The Morgan fingerprint density at radius 1 is 0.566 bits per heavy atom. The molecule has 4 atom stereocenters. The van der Waals surface area contributed by atoms with Crippen LogP contribution in [0.25, 0.3) is 71.7 Å². The second-order valence-electron chi connectivity index (χ2n) is 15.2. The quantitative estimate of drug-likeness (QED) is 0.175. The zero-order chi connectivity index (χ0) is 35.0. The smallest absolute Gasteiger partial charge is 0.0586 e. The van der Waals surface area contributed by atoms with Crippen molar-refractivity contribution in [2.24, 2.45) is 11.8 Å². The first-order valence-corrected chi connectivity index (χ1v) is 19.2. The number of hydrogen-bond donors (Lipinski definition) is 0. The summed E-state index contributed by atoms with van der Waals surface area (Å²) in [7, 11) is 0. The summed E-state index contributed by atoms with van der Waals surface area (Å²) in [6.07, 6.45) is 21.5. The van der Waals surface area contributed by atoms with Gasteiger partial charge in [0.05, 0.1) is 17.1 Å². The van der Waals surface area contributed by atoms with Crippen LogP contribution in [-0.4, -0.2) is 9.13 Å². The summed E-state index contributed by atoms with van der Waals surface area (Å²) >= 11 is 0. The molecule has 3 aliphatic rings. The number of para-hydroxylation sites is 4. The van der Waals surface area contributed by atoms with E-state index in [1.165, 1.54) is 82.3 Å². The van der Waals surface area contributed by atoms with Gasteiger partial charge in [0.15, 0.2) is 0 Å². The van der Waals surface area contributed by atoms with E-state index in [-0.39, 0.29) is 6.04 Å². The van der Waals surface area contributed by atoms with Crippen molar-refractivity contribution in [1.29, 1.82) is 0 Å². The Hall–Kier alpha value is -6.12. The van der Waals surface area contributed by atoms with Crippen LogP contribution in [-0.2, 0) is 0 Å². The third-order valence-corrected chi connectivity index (χ3v) is 12.3. The van der Waals surface area contributed by atoms with Crippen LogP contribution >= 0.6 is 0 Å². The summed E-state index contributed by atoms with van der Waals surface area (Å²) in [4.78, 5) is 0. The first-order chi connectivity index (χ1) is 26.2. The second kappa shape index (κ2) is 12.0. The van der Waals surface area contributed by atoms with Crippen molar-refractivity contribution in [2.75, 3.05) is 0 Å². The van der Waals surface area contributed by atoms with Gasteiger partial charge in [0.2, 0.25) is 0 Å². The highest BCUT2D eigenvalue weighted by Crippen LogP contribution is 2.45. The Labute approximate surface area is 310 Å². The molecule has 0 bridgehead atoms. The van der Waals surface area contributed by atoms with Crippen molar-refractivity contribution in [3.63, 3.8) is 0 Å². The van der Waals surface area contributed by atoms with E-state index in [0.717, 1.165) is 12.8 Å². The van der Waals surface area contributed by atoms with E-state index < -0.39 is 0 Å². The van der Waals surface area contributed by atoms with Crippen LogP contribution in [0.5, 0.6) is 0 Å². The average molecular weight is 681 g/mol. The molecule has 11 rings (SSSR count). The molecule has 0 aliphatic heterocycles. The summed E-state index contributed by atoms with van der Waals surface area (Å²) in [6, 6.07) is 47.4. The zero-order valence-electron chi connectivity index (χ0n) is 29.9. The largest absolute Gasteiger partial charge is 0.333 e. The van der Waals surface area contributed by atoms with Crippen molar-refractivity contribution in [2.45, 2.75) is 31.7 Å². The standard InChI is InChI=1S/C51H40N2/c1-33-30-37(26-29-47(33)53-50-22-8-4-16-43(50)44-17-5-9-23-51(44)53)40-19-11-13-36-31-35-12-10-18-39(45(35)32-46(36)40)34-24-27-38(28-25-34)52-48-20-6-2-14-41(48)42-15-3-7-21-49(42)52/h2-17,19-24,26-34,39,47H,18,25H2,1H3. The number of allylic oxidation sites excluding steroid dienone is 9. The van der Waals surface area contributed by atoms with Crippen LogP contribution < -0.4 is 0 Å². The molecule has 0 saturated heterocycles. The molecule has 53 heavy (non-hydrogen) atoms. The lowest BCUT2D eigenvalue weighted by Crippen LogP contribution is -2.16. The van der Waals surface area contributed by atoms with Gasteiger partial charge in [-0.1, -0.05) is 140 Å². The monoisotopic (exact) mass is 680 g/mol. The van der Waals surface area contributed by atoms with Gasteiger partial charge in [0.1, 0.15) is 0 Å². The van der Waals surface area contributed by atoms with Crippen molar-refractivity contribution in [1.82, 2.24) is 9.13 Å². The highest BCUT2D eigenvalue weighted by molar-refractivity contribution is 6.11. The van der Waals surface area contributed by atoms with Crippen LogP contribution in [0.15, 0.2) is 170 Å². The van der Waals surface area contributed by atoms with Gasteiger partial charge in [0, 0.05) is 38.3 Å². The summed E-state index contributed by atoms with van der Waals surface area (Å²) in [5, 5.41) is 7.94. The van der Waals surface area contributed by atoms with E-state index in [2.05, 4.69) is 192 Å². The van der Waals surface area contributed by atoms with E-state index in [9.17, 15) is 0 Å². The molecule has 2 heterocycles. The Morgan fingerprint density at radius 3 is 1.85 bits per heavy atom. The Kier molecular flexibility index (Phi) is 6.89. The molecule has 254 valence electrons. The van der Waals surface area contributed by atoms with Crippen LogP contribution in [0.4, 0.5) is 0 Å². The van der Waals surface area contributed by atoms with E-state index in [0.29, 0.717) is 17.8 Å². The first kappa shape index (κ1) is 30.5. The molecule has 2 aromatic heterocycles. The van der Waals surface area contributed by atoms with Crippen molar-refractivity contribution >= 4 is 71.7 Å². The molecule has 0 N–H and O–H groups in total. The normalized spacial score (nSPS) is 21.2. The van der Waals surface area contributed by atoms with Crippen molar-refractivity contribution < 1.29 is 0 Å². The Balaban J connectivity index is 0.934. The van der Waals surface area contributed by atoms with Gasteiger partial charge in [-0.15, -0.1) is 0 Å². The lowest BCUT2D eigenvalue weighted by molar-refractivity contribution is 0.509. The van der Waals surface area contributed by atoms with Gasteiger partial charge in [-0.3, -0.25) is 0 Å².